The lowest BCUT2D eigenvalue weighted by Gasteiger charge is -2.20. The Hall–Kier alpha value is -3.23. The minimum absolute atomic E-state index is 0.0216. The molecule has 2 aliphatic heterocycles. The van der Waals surface area contributed by atoms with E-state index in [0.29, 0.717) is 12.3 Å². The summed E-state index contributed by atoms with van der Waals surface area (Å²) in [6, 6.07) is 18.1. The predicted molar refractivity (Wildman–Crippen MR) is 135 cm³/mol. The largest absolute Gasteiger partial charge is 0.496 e. The summed E-state index contributed by atoms with van der Waals surface area (Å²) in [5.41, 5.74) is 2.73. The fourth-order valence-corrected chi connectivity index (χ4v) is 5.25. The molecule has 1 fully saturated rings. The molecule has 0 aromatic heterocycles. The molecule has 3 aromatic carbocycles. The Morgan fingerprint density at radius 1 is 1.15 bits per heavy atom. The molecule has 2 N–H and O–H groups in total. The average Bonchev–Trinajstić information content (AvgIpc) is 3.23. The van der Waals surface area contributed by atoms with Gasteiger partial charge < -0.3 is 20.1 Å². The van der Waals surface area contributed by atoms with E-state index < -0.39 is 0 Å². The lowest BCUT2D eigenvalue weighted by molar-refractivity contribution is -0.113. The number of carbonyl (C=O) groups is 2. The van der Waals surface area contributed by atoms with Gasteiger partial charge in [0.05, 0.1) is 25.1 Å². The smallest absolute Gasteiger partial charge is 0.414 e. The second-order valence-corrected chi connectivity index (χ2v) is 9.44. The number of rotatable bonds is 8. The van der Waals surface area contributed by atoms with Crippen LogP contribution in [0.4, 0.5) is 16.2 Å². The molecule has 0 bridgehead atoms. The number of amides is 2. The van der Waals surface area contributed by atoms with Crippen molar-refractivity contribution >= 4 is 45.9 Å². The first-order valence-electron chi connectivity index (χ1n) is 11.4. The highest BCUT2D eigenvalue weighted by Gasteiger charge is 2.32. The Bertz CT molecular complexity index is 1230. The molecule has 34 heavy (non-hydrogen) atoms. The van der Waals surface area contributed by atoms with Crippen LogP contribution in [0.5, 0.6) is 5.75 Å². The number of anilines is 2. The van der Waals surface area contributed by atoms with Crippen LogP contribution in [0.1, 0.15) is 18.4 Å². The van der Waals surface area contributed by atoms with Crippen LogP contribution >= 0.6 is 11.8 Å². The maximum Gasteiger partial charge on any atom is 0.414 e. The first-order valence-corrected chi connectivity index (χ1v) is 12.4. The molecule has 0 unspecified atom stereocenters. The van der Waals surface area contributed by atoms with E-state index in [1.807, 2.05) is 36.4 Å². The molecule has 0 spiro atoms. The van der Waals surface area contributed by atoms with E-state index in [1.54, 1.807) is 12.0 Å². The number of fused-ring (bicyclic) bond motifs is 2. The predicted octanol–water partition coefficient (Wildman–Crippen LogP) is 4.79. The fourth-order valence-electron chi connectivity index (χ4n) is 4.47. The summed E-state index contributed by atoms with van der Waals surface area (Å²) in [5, 5.41) is 8.69. The molecule has 1 saturated heterocycles. The Morgan fingerprint density at radius 2 is 2.00 bits per heavy atom. The van der Waals surface area contributed by atoms with Crippen LogP contribution in [0.3, 0.4) is 0 Å². The number of cyclic esters (lactones) is 1. The van der Waals surface area contributed by atoms with E-state index in [4.69, 9.17) is 9.47 Å². The van der Waals surface area contributed by atoms with Gasteiger partial charge in [-0.05, 0) is 54.6 Å². The van der Waals surface area contributed by atoms with E-state index in [1.165, 1.54) is 22.7 Å². The van der Waals surface area contributed by atoms with Crippen molar-refractivity contribution in [1.29, 1.82) is 0 Å². The molecular formula is C26H27N3O4S. The minimum Gasteiger partial charge on any atom is -0.496 e. The number of thioether (sulfide) groups is 1. The SMILES string of the molecule is COc1ccc(CNCCC[C@H]2CN(c3ccc4c(c3)NC(=O)CS4)C(=O)O2)c2ccccc12. The van der Waals surface area contributed by atoms with Gasteiger partial charge in [0, 0.05) is 22.5 Å². The highest BCUT2D eigenvalue weighted by Crippen LogP contribution is 2.35. The summed E-state index contributed by atoms with van der Waals surface area (Å²) in [5.74, 6) is 1.28. The van der Waals surface area contributed by atoms with Gasteiger partial charge in [0.15, 0.2) is 0 Å². The van der Waals surface area contributed by atoms with Crippen molar-refractivity contribution in [2.45, 2.75) is 30.4 Å². The molecule has 5 rings (SSSR count). The van der Waals surface area contributed by atoms with Crippen LogP contribution < -0.4 is 20.3 Å². The number of nitrogens with one attached hydrogen (secondary N) is 2. The van der Waals surface area contributed by atoms with Crippen molar-refractivity contribution in [3.63, 3.8) is 0 Å². The molecule has 0 aliphatic carbocycles. The quantitative estimate of drug-likeness (QED) is 0.454. The second kappa shape index (κ2) is 9.95. The zero-order valence-corrected chi connectivity index (χ0v) is 19.8. The summed E-state index contributed by atoms with van der Waals surface area (Å²) in [6.45, 7) is 2.11. The van der Waals surface area contributed by atoms with Crippen molar-refractivity contribution in [1.82, 2.24) is 5.32 Å². The summed E-state index contributed by atoms with van der Waals surface area (Å²) in [7, 11) is 1.69. The summed E-state index contributed by atoms with van der Waals surface area (Å²) < 4.78 is 11.1. The van der Waals surface area contributed by atoms with E-state index in [0.717, 1.165) is 53.3 Å². The molecule has 2 aliphatic rings. The third-order valence-electron chi connectivity index (χ3n) is 6.17. The lowest BCUT2D eigenvalue weighted by atomic mass is 10.0. The molecule has 1 atom stereocenters. The second-order valence-electron chi connectivity index (χ2n) is 8.43. The third-order valence-corrected chi connectivity index (χ3v) is 7.24. The van der Waals surface area contributed by atoms with Crippen molar-refractivity contribution in [2.24, 2.45) is 0 Å². The van der Waals surface area contributed by atoms with Crippen molar-refractivity contribution in [3.8, 4) is 5.75 Å². The number of nitrogens with zero attached hydrogens (tertiary/aromatic N) is 1. The highest BCUT2D eigenvalue weighted by atomic mass is 32.2. The zero-order valence-electron chi connectivity index (χ0n) is 19.0. The monoisotopic (exact) mass is 477 g/mol. The van der Waals surface area contributed by atoms with Gasteiger partial charge in [-0.1, -0.05) is 30.3 Å². The van der Waals surface area contributed by atoms with E-state index in [2.05, 4.69) is 28.8 Å². The zero-order chi connectivity index (χ0) is 23.5. The van der Waals surface area contributed by atoms with Gasteiger partial charge in [0.2, 0.25) is 5.91 Å². The van der Waals surface area contributed by atoms with Crippen molar-refractivity contribution in [2.75, 3.05) is 36.2 Å². The van der Waals surface area contributed by atoms with Gasteiger partial charge in [-0.2, -0.15) is 0 Å². The number of methoxy groups -OCH3 is 1. The molecule has 7 nitrogen and oxygen atoms in total. The molecule has 3 aromatic rings. The average molecular weight is 478 g/mol. The number of carbonyl (C=O) groups excluding carboxylic acids is 2. The highest BCUT2D eigenvalue weighted by molar-refractivity contribution is 8.00. The van der Waals surface area contributed by atoms with Crippen LogP contribution in [0.2, 0.25) is 0 Å². The van der Waals surface area contributed by atoms with Gasteiger partial charge in [0.25, 0.3) is 0 Å². The summed E-state index contributed by atoms with van der Waals surface area (Å²) in [4.78, 5) is 26.8. The summed E-state index contributed by atoms with van der Waals surface area (Å²) >= 11 is 1.51. The van der Waals surface area contributed by atoms with Crippen molar-refractivity contribution < 1.29 is 19.1 Å². The van der Waals surface area contributed by atoms with Crippen LogP contribution in [0.25, 0.3) is 10.8 Å². The maximum absolute atomic E-state index is 12.5. The van der Waals surface area contributed by atoms with E-state index >= 15 is 0 Å². The first kappa shape index (κ1) is 22.6. The van der Waals surface area contributed by atoms with Gasteiger partial charge in [-0.15, -0.1) is 11.8 Å². The van der Waals surface area contributed by atoms with E-state index in [9.17, 15) is 9.59 Å². The summed E-state index contributed by atoms with van der Waals surface area (Å²) in [6.07, 6.45) is 1.21. The standard InChI is InChI=1S/C26H27N3O4S/c1-32-23-10-8-17(20-6-2-3-7-21(20)23)14-27-12-4-5-19-15-29(26(31)33-19)18-9-11-24-22(13-18)28-25(30)16-34-24/h2-3,6-11,13,19,27H,4-5,12,14-16H2,1H3,(H,28,30)/t19-/m0/s1. The number of hydrogen-bond acceptors (Lipinski definition) is 6. The lowest BCUT2D eigenvalue weighted by Crippen LogP contribution is -2.25. The van der Waals surface area contributed by atoms with E-state index in [-0.39, 0.29) is 18.1 Å². The topological polar surface area (TPSA) is 79.9 Å². The Morgan fingerprint density at radius 3 is 2.85 bits per heavy atom. The Kier molecular flexibility index (Phi) is 6.60. The van der Waals surface area contributed by atoms with Crippen LogP contribution in [0, 0.1) is 0 Å². The van der Waals surface area contributed by atoms with Crippen LogP contribution in [0.15, 0.2) is 59.5 Å². The van der Waals surface area contributed by atoms with Gasteiger partial charge in [-0.3, -0.25) is 9.69 Å². The molecule has 2 heterocycles. The number of hydrogen-bond donors (Lipinski definition) is 2. The number of ether oxygens (including phenoxy) is 2. The van der Waals surface area contributed by atoms with Gasteiger partial charge >= 0.3 is 6.09 Å². The minimum atomic E-state index is -0.336. The maximum atomic E-state index is 12.5. The van der Waals surface area contributed by atoms with Crippen molar-refractivity contribution in [3.05, 3.63) is 60.2 Å². The van der Waals surface area contributed by atoms with Gasteiger partial charge in [0.1, 0.15) is 11.9 Å². The Labute approximate surface area is 202 Å². The van der Waals surface area contributed by atoms with Gasteiger partial charge in [-0.25, -0.2) is 4.79 Å². The fraction of sp³-hybridized carbons (Fsp3) is 0.308. The molecule has 8 heteroatoms. The van der Waals surface area contributed by atoms with Crippen LogP contribution in [-0.2, 0) is 16.1 Å². The Balaban J connectivity index is 1.12. The normalized spacial score (nSPS) is 17.4. The first-order chi connectivity index (χ1) is 16.6. The molecule has 176 valence electrons. The molecule has 2 amide bonds. The molecule has 0 radical (unpaired) electrons. The number of benzene rings is 3. The molecule has 0 saturated carbocycles. The molecular weight excluding hydrogens is 450 g/mol. The third kappa shape index (κ3) is 4.69. The van der Waals surface area contributed by atoms with Crippen LogP contribution in [-0.4, -0.2) is 44.1 Å².